The summed E-state index contributed by atoms with van der Waals surface area (Å²) in [6, 6.07) is 12.6. The highest BCUT2D eigenvalue weighted by Gasteiger charge is 2.57. The molecule has 0 N–H and O–H groups in total. The van der Waals surface area contributed by atoms with Crippen molar-refractivity contribution in [2.75, 3.05) is 47.5 Å². The van der Waals surface area contributed by atoms with E-state index in [-0.39, 0.29) is 28.6 Å². The van der Waals surface area contributed by atoms with Crippen LogP contribution in [0.2, 0.25) is 0 Å². The molecule has 292 valence electrons. The SMILES string of the molecule is C/C=C(\C#N)C(=O)N1CCc2c(CN3CCN(Cc4c(OC)cc(-c5cn(C)c(=O)c(C)c5C)cc4OC)CC34CC4)cccc2C1C.COC12CC(C1)C2. The van der Waals surface area contributed by atoms with Gasteiger partial charge in [0.25, 0.3) is 11.5 Å². The Morgan fingerprint density at radius 2 is 1.69 bits per heavy atom. The zero-order valence-electron chi connectivity index (χ0n) is 34.0. The first-order valence-corrected chi connectivity index (χ1v) is 19.8. The molecule has 5 fully saturated rings. The average molecular weight is 748 g/mol. The lowest BCUT2D eigenvalue weighted by molar-refractivity contribution is -0.210. The third-order valence-corrected chi connectivity index (χ3v) is 13.4. The van der Waals surface area contributed by atoms with Crippen LogP contribution < -0.4 is 15.0 Å². The molecular formula is C45H57N5O5. The lowest BCUT2D eigenvalue weighted by atomic mass is 9.52. The van der Waals surface area contributed by atoms with Crippen LogP contribution in [0.4, 0.5) is 0 Å². The van der Waals surface area contributed by atoms with E-state index in [1.165, 1.54) is 48.8 Å². The van der Waals surface area contributed by atoms with Gasteiger partial charge in [0.05, 0.1) is 31.4 Å². The van der Waals surface area contributed by atoms with Gasteiger partial charge >= 0.3 is 0 Å². The second-order valence-corrected chi connectivity index (χ2v) is 16.5. The van der Waals surface area contributed by atoms with E-state index in [0.717, 1.165) is 84.4 Å². The van der Waals surface area contributed by atoms with E-state index in [9.17, 15) is 14.9 Å². The molecule has 3 heterocycles. The molecule has 1 unspecified atom stereocenters. The number of aryl methyl sites for hydroxylation is 1. The van der Waals surface area contributed by atoms with Crippen LogP contribution in [0.1, 0.15) is 85.4 Å². The molecule has 4 aliphatic carbocycles. The molecule has 55 heavy (non-hydrogen) atoms. The number of amides is 1. The van der Waals surface area contributed by atoms with Crippen molar-refractivity contribution in [1.29, 1.82) is 5.26 Å². The third-order valence-electron chi connectivity index (χ3n) is 13.4. The number of fused-ring (bicyclic) bond motifs is 1. The minimum atomic E-state index is -0.184. The molecule has 2 bridgehead atoms. The number of nitrogens with zero attached hydrogens (tertiary/aromatic N) is 5. The first-order valence-electron chi connectivity index (χ1n) is 19.8. The fourth-order valence-electron chi connectivity index (χ4n) is 9.50. The number of hydrogen-bond acceptors (Lipinski definition) is 8. The summed E-state index contributed by atoms with van der Waals surface area (Å²) in [5.41, 5.74) is 9.36. The largest absolute Gasteiger partial charge is 0.496 e. The summed E-state index contributed by atoms with van der Waals surface area (Å²) in [6.45, 7) is 12.8. The minimum absolute atomic E-state index is 0.0139. The first kappa shape index (κ1) is 38.8. The molecular weight excluding hydrogens is 691 g/mol. The highest BCUT2D eigenvalue weighted by atomic mass is 16.5. The van der Waals surface area contributed by atoms with E-state index in [1.807, 2.05) is 32.1 Å². The van der Waals surface area contributed by atoms with Crippen molar-refractivity contribution < 1.29 is 19.0 Å². The van der Waals surface area contributed by atoms with E-state index in [0.29, 0.717) is 12.1 Å². The van der Waals surface area contributed by atoms with Crippen molar-refractivity contribution in [2.24, 2.45) is 13.0 Å². The number of aromatic nitrogens is 1. The standard InChI is InChI=1S/C39H47N5O4.C6H10O/c1-8-28(20-40)38(46)44-15-12-32-29(10-9-11-31(32)27(44)4)21-43-17-16-42(24-39(43)13-14-39)23-34-35(47-6)18-30(19-36(34)48-7)33-22-41(5)37(45)26(3)25(33)2;1-7-6-2-5(3-6)4-6/h8-11,18-19,22,27H,12-17,21,23-24H2,1-7H3;5H,2-4H2,1H3/b28-8+;. The summed E-state index contributed by atoms with van der Waals surface area (Å²) in [5, 5.41) is 9.43. The highest BCUT2D eigenvalue weighted by Crippen LogP contribution is 2.59. The van der Waals surface area contributed by atoms with Gasteiger partial charge in [-0.05, 0) is 112 Å². The molecule has 6 aliphatic rings. The fourth-order valence-corrected chi connectivity index (χ4v) is 9.50. The monoisotopic (exact) mass is 747 g/mol. The normalized spacial score (nSPS) is 23.8. The molecule has 9 rings (SSSR count). The van der Waals surface area contributed by atoms with Crippen molar-refractivity contribution in [3.63, 3.8) is 0 Å². The van der Waals surface area contributed by atoms with Gasteiger partial charge in [0.1, 0.15) is 23.1 Å². The van der Waals surface area contributed by atoms with Crippen molar-refractivity contribution in [3.8, 4) is 28.7 Å². The third kappa shape index (κ3) is 7.11. The van der Waals surface area contributed by atoms with Crippen LogP contribution in [-0.4, -0.2) is 83.8 Å². The van der Waals surface area contributed by atoms with Crippen LogP contribution >= 0.6 is 0 Å². The molecule has 10 nitrogen and oxygen atoms in total. The lowest BCUT2D eigenvalue weighted by Crippen LogP contribution is -2.59. The highest BCUT2D eigenvalue weighted by molar-refractivity contribution is 5.97. The maximum absolute atomic E-state index is 13.0. The molecule has 10 heteroatoms. The van der Waals surface area contributed by atoms with Crippen LogP contribution in [0.15, 0.2) is 53.0 Å². The quantitative estimate of drug-likeness (QED) is 0.178. The Kier molecular flexibility index (Phi) is 10.8. The number of methoxy groups -OCH3 is 3. The van der Waals surface area contributed by atoms with Crippen molar-refractivity contribution in [2.45, 2.75) is 96.5 Å². The molecule has 2 aromatic carbocycles. The summed E-state index contributed by atoms with van der Waals surface area (Å²) in [6.07, 6.45) is 10.7. The van der Waals surface area contributed by atoms with Gasteiger partial charge in [0, 0.05) is 76.3 Å². The fraction of sp³-hybridized carbons (Fsp3) is 0.533. The molecule has 1 saturated heterocycles. The van der Waals surface area contributed by atoms with E-state index in [2.05, 4.69) is 53.1 Å². The molecule has 1 aromatic heterocycles. The predicted molar refractivity (Wildman–Crippen MR) is 214 cm³/mol. The van der Waals surface area contributed by atoms with Gasteiger partial charge in [0.2, 0.25) is 0 Å². The Hall–Kier alpha value is -4.43. The van der Waals surface area contributed by atoms with E-state index in [4.69, 9.17) is 14.2 Å². The molecule has 4 saturated carbocycles. The number of carbonyl (C=O) groups is 1. The van der Waals surface area contributed by atoms with Gasteiger partial charge in [-0.1, -0.05) is 24.3 Å². The number of benzene rings is 2. The number of allylic oxidation sites excluding steroid dienone is 1. The Morgan fingerprint density at radius 3 is 2.24 bits per heavy atom. The van der Waals surface area contributed by atoms with E-state index >= 15 is 0 Å². The smallest absolute Gasteiger partial charge is 0.264 e. The maximum Gasteiger partial charge on any atom is 0.264 e. The van der Waals surface area contributed by atoms with Crippen molar-refractivity contribution in [1.82, 2.24) is 19.3 Å². The summed E-state index contributed by atoms with van der Waals surface area (Å²) in [5.74, 6) is 2.45. The zero-order valence-corrected chi connectivity index (χ0v) is 34.0. The first-order chi connectivity index (χ1) is 26.4. The number of ether oxygens (including phenoxy) is 3. The summed E-state index contributed by atoms with van der Waals surface area (Å²) < 4.78 is 18.8. The second-order valence-electron chi connectivity index (χ2n) is 16.5. The van der Waals surface area contributed by atoms with Gasteiger partial charge in [-0.3, -0.25) is 19.4 Å². The topological polar surface area (TPSA) is 100 Å². The Balaban J connectivity index is 0.000000590. The lowest BCUT2D eigenvalue weighted by Gasteiger charge is -2.60. The number of carbonyl (C=O) groups excluding carboxylic acids is 1. The van der Waals surface area contributed by atoms with Gasteiger partial charge in [-0.25, -0.2) is 0 Å². The van der Waals surface area contributed by atoms with Crippen molar-refractivity contribution in [3.05, 3.63) is 91.9 Å². The summed E-state index contributed by atoms with van der Waals surface area (Å²) in [7, 11) is 7.03. The molecule has 3 aromatic rings. The number of hydrogen-bond donors (Lipinski definition) is 0. The number of nitriles is 1. The molecule has 0 radical (unpaired) electrons. The average Bonchev–Trinajstić information content (AvgIpc) is 3.92. The van der Waals surface area contributed by atoms with Crippen molar-refractivity contribution >= 4 is 5.91 Å². The summed E-state index contributed by atoms with van der Waals surface area (Å²) >= 11 is 0. The maximum atomic E-state index is 13.0. The zero-order chi connectivity index (χ0) is 39.2. The van der Waals surface area contributed by atoms with Crippen LogP contribution in [-0.2, 0) is 36.1 Å². The molecule has 1 atom stereocenters. The van der Waals surface area contributed by atoms with Crippen LogP contribution in [0.3, 0.4) is 0 Å². The number of pyridine rings is 1. The Labute approximate surface area is 326 Å². The minimum Gasteiger partial charge on any atom is -0.496 e. The van der Waals surface area contributed by atoms with Gasteiger partial charge < -0.3 is 23.7 Å². The Bertz CT molecular complexity index is 2060. The number of piperazine rings is 1. The molecule has 1 amide bonds. The van der Waals surface area contributed by atoms with Crippen LogP contribution in [0.25, 0.3) is 11.1 Å². The Morgan fingerprint density at radius 1 is 1.00 bits per heavy atom. The second kappa shape index (κ2) is 15.2. The van der Waals surface area contributed by atoms with Crippen LogP contribution in [0, 0.1) is 31.1 Å². The van der Waals surface area contributed by atoms with Gasteiger partial charge in [0.15, 0.2) is 0 Å². The predicted octanol–water partition coefficient (Wildman–Crippen LogP) is 6.64. The van der Waals surface area contributed by atoms with Crippen LogP contribution in [0.5, 0.6) is 11.5 Å². The van der Waals surface area contributed by atoms with E-state index in [1.54, 1.807) is 38.8 Å². The number of rotatable bonds is 9. The van der Waals surface area contributed by atoms with Gasteiger partial charge in [-0.2, -0.15) is 5.26 Å². The molecule has 1 spiro atoms. The summed E-state index contributed by atoms with van der Waals surface area (Å²) in [4.78, 5) is 32.6. The van der Waals surface area contributed by atoms with Gasteiger partial charge in [-0.15, -0.1) is 0 Å². The molecule has 2 aliphatic heterocycles. The van der Waals surface area contributed by atoms with E-state index < -0.39 is 0 Å².